The van der Waals surface area contributed by atoms with Gasteiger partial charge in [0.2, 0.25) is 0 Å². The van der Waals surface area contributed by atoms with E-state index in [2.05, 4.69) is 47.9 Å². The molecule has 2 atom stereocenters. The maximum atomic E-state index is 3.34. The molecule has 0 amide bonds. The molecule has 0 spiro atoms. The quantitative estimate of drug-likeness (QED) is 0.624. The molecule has 0 nitrogen and oxygen atoms in total. The maximum Gasteiger partial charge on any atom is 0.0199 e. The minimum absolute atomic E-state index is 0.576. The first kappa shape index (κ1) is 9.97. The van der Waals surface area contributed by atoms with E-state index in [0.29, 0.717) is 11.8 Å². The molecule has 86 valence electrons. The maximum absolute atomic E-state index is 3.34. The highest BCUT2D eigenvalue weighted by molar-refractivity contribution is 5.56. The van der Waals surface area contributed by atoms with Crippen LogP contribution in [0.1, 0.15) is 12.8 Å². The Labute approximate surface area is 107 Å². The van der Waals surface area contributed by atoms with Gasteiger partial charge in [-0.15, -0.1) is 11.5 Å². The van der Waals surface area contributed by atoms with E-state index in [-0.39, 0.29) is 0 Å². The predicted molar refractivity (Wildman–Crippen MR) is 73.9 cm³/mol. The number of rotatable bonds is 2. The Bertz CT molecular complexity index is 601. The Balaban J connectivity index is 1.73. The van der Waals surface area contributed by atoms with Crippen molar-refractivity contribution in [1.29, 1.82) is 0 Å². The summed E-state index contributed by atoms with van der Waals surface area (Å²) in [6.07, 6.45) is 20.0. The first-order valence-corrected chi connectivity index (χ1v) is 6.63. The minimum Gasteiger partial charge on any atom is -0.113 e. The molecule has 0 heterocycles. The van der Waals surface area contributed by atoms with Gasteiger partial charge in [-0.25, -0.2) is 0 Å². The SMILES string of the molecule is C1=CC=CC=1C1=C[C@H]2CC[C@@H]1C=C2C1=C=CC=C1. The van der Waals surface area contributed by atoms with Gasteiger partial charge in [-0.05, 0) is 48.3 Å². The smallest absolute Gasteiger partial charge is 0.0199 e. The lowest BCUT2D eigenvalue weighted by molar-refractivity contribution is 0.494. The molecule has 0 aromatic heterocycles. The Morgan fingerprint density at radius 2 is 1.28 bits per heavy atom. The van der Waals surface area contributed by atoms with Crippen LogP contribution in [0.25, 0.3) is 0 Å². The first-order chi connectivity index (χ1) is 8.92. The highest BCUT2D eigenvalue weighted by Crippen LogP contribution is 2.45. The molecular formula is C18H14. The molecule has 5 aliphatic rings. The summed E-state index contributed by atoms with van der Waals surface area (Å²) in [4.78, 5) is 0. The van der Waals surface area contributed by atoms with Crippen LogP contribution in [0.5, 0.6) is 0 Å². The van der Waals surface area contributed by atoms with Crippen molar-refractivity contribution in [2.24, 2.45) is 11.8 Å². The molecule has 18 heavy (non-hydrogen) atoms. The Morgan fingerprint density at radius 1 is 0.778 bits per heavy atom. The average Bonchev–Trinajstić information content (AvgIpc) is 3.13. The molecule has 0 saturated heterocycles. The van der Waals surface area contributed by atoms with Crippen molar-refractivity contribution in [3.8, 4) is 0 Å². The lowest BCUT2D eigenvalue weighted by Crippen LogP contribution is -2.22. The van der Waals surface area contributed by atoms with Crippen LogP contribution in [0.3, 0.4) is 0 Å². The van der Waals surface area contributed by atoms with Gasteiger partial charge in [-0.3, -0.25) is 0 Å². The lowest BCUT2D eigenvalue weighted by Gasteiger charge is -2.35. The van der Waals surface area contributed by atoms with Crippen LogP contribution in [0.15, 0.2) is 82.4 Å². The Kier molecular flexibility index (Phi) is 2.08. The van der Waals surface area contributed by atoms with E-state index >= 15 is 0 Å². The highest BCUT2D eigenvalue weighted by Gasteiger charge is 2.32. The molecule has 0 N–H and O–H groups in total. The topological polar surface area (TPSA) is 0 Å². The van der Waals surface area contributed by atoms with E-state index in [0.717, 1.165) is 0 Å². The van der Waals surface area contributed by atoms with Gasteiger partial charge in [0, 0.05) is 23.0 Å². The predicted octanol–water partition coefficient (Wildman–Crippen LogP) is 4.18. The van der Waals surface area contributed by atoms with Crippen molar-refractivity contribution >= 4 is 0 Å². The molecule has 0 aromatic rings. The fourth-order valence-corrected chi connectivity index (χ4v) is 3.30. The second-order valence-corrected chi connectivity index (χ2v) is 5.20. The number of allylic oxidation sites excluding steroid dienone is 10. The van der Waals surface area contributed by atoms with Gasteiger partial charge in [0.25, 0.3) is 0 Å². The van der Waals surface area contributed by atoms with Crippen molar-refractivity contribution in [3.63, 3.8) is 0 Å². The van der Waals surface area contributed by atoms with E-state index in [4.69, 9.17) is 0 Å². The van der Waals surface area contributed by atoms with Gasteiger partial charge in [-0.1, -0.05) is 24.3 Å². The second kappa shape index (κ2) is 3.75. The van der Waals surface area contributed by atoms with E-state index < -0.39 is 0 Å². The van der Waals surface area contributed by atoms with Crippen LogP contribution in [-0.4, -0.2) is 0 Å². The largest absolute Gasteiger partial charge is 0.113 e. The Morgan fingerprint density at radius 3 is 1.61 bits per heavy atom. The first-order valence-electron chi connectivity index (χ1n) is 6.63. The van der Waals surface area contributed by atoms with Crippen LogP contribution in [-0.2, 0) is 0 Å². The van der Waals surface area contributed by atoms with Crippen LogP contribution < -0.4 is 0 Å². The third kappa shape index (κ3) is 1.41. The van der Waals surface area contributed by atoms with Crippen LogP contribution in [0.4, 0.5) is 0 Å². The third-order valence-corrected chi connectivity index (χ3v) is 4.17. The normalized spacial score (nSPS) is 30.7. The molecule has 0 aromatic carbocycles. The monoisotopic (exact) mass is 230 g/mol. The zero-order valence-electron chi connectivity index (χ0n) is 10.2. The molecule has 0 unspecified atom stereocenters. The molecule has 5 rings (SSSR count). The van der Waals surface area contributed by atoms with Crippen molar-refractivity contribution in [1.82, 2.24) is 0 Å². The molecular weight excluding hydrogens is 216 g/mol. The van der Waals surface area contributed by atoms with Crippen LogP contribution in [0, 0.1) is 11.8 Å². The van der Waals surface area contributed by atoms with E-state index in [1.165, 1.54) is 35.1 Å². The number of hydrogen-bond acceptors (Lipinski definition) is 0. The molecule has 0 radical (unpaired) electrons. The third-order valence-electron chi connectivity index (χ3n) is 4.17. The zero-order valence-corrected chi connectivity index (χ0v) is 10.2. The van der Waals surface area contributed by atoms with Crippen molar-refractivity contribution in [3.05, 3.63) is 82.4 Å². The standard InChI is InChI=1S/C18H14/c1-2-6-13(5-1)17-11-16-10-9-15(17)12-18(16)14-7-3-4-8-14/h1-5,7,11-12,15-16H,9-10H2/t15-,16-/m1/s1. The highest BCUT2D eigenvalue weighted by atomic mass is 14.4. The van der Waals surface area contributed by atoms with Crippen LogP contribution >= 0.6 is 0 Å². The molecule has 0 fully saturated rings. The molecule has 2 bridgehead atoms. The lowest BCUT2D eigenvalue weighted by atomic mass is 9.69. The summed E-state index contributed by atoms with van der Waals surface area (Å²) in [6.45, 7) is 0. The summed E-state index contributed by atoms with van der Waals surface area (Å²) in [5.41, 5.74) is 12.2. The van der Waals surface area contributed by atoms with E-state index in [1.807, 2.05) is 12.2 Å². The molecule has 0 saturated carbocycles. The van der Waals surface area contributed by atoms with Gasteiger partial charge < -0.3 is 0 Å². The Hall–Kier alpha value is -2.00. The molecule has 0 heteroatoms. The van der Waals surface area contributed by atoms with Crippen molar-refractivity contribution in [2.75, 3.05) is 0 Å². The van der Waals surface area contributed by atoms with Crippen LogP contribution in [0.2, 0.25) is 0 Å². The summed E-state index contributed by atoms with van der Waals surface area (Å²) in [7, 11) is 0. The summed E-state index contributed by atoms with van der Waals surface area (Å²) in [5, 5.41) is 0. The fraction of sp³-hybridized carbons (Fsp3) is 0.222. The summed E-state index contributed by atoms with van der Waals surface area (Å²) >= 11 is 0. The van der Waals surface area contributed by atoms with Gasteiger partial charge in [0.1, 0.15) is 0 Å². The van der Waals surface area contributed by atoms with Gasteiger partial charge >= 0.3 is 0 Å². The zero-order chi connectivity index (χ0) is 11.9. The van der Waals surface area contributed by atoms with E-state index in [1.54, 1.807) is 0 Å². The average molecular weight is 230 g/mol. The summed E-state index contributed by atoms with van der Waals surface area (Å²) < 4.78 is 0. The molecule has 5 aliphatic carbocycles. The number of fused-ring (bicyclic) bond motifs is 1. The van der Waals surface area contributed by atoms with Crippen molar-refractivity contribution < 1.29 is 0 Å². The summed E-state index contributed by atoms with van der Waals surface area (Å²) in [5.74, 6) is 1.15. The number of hydrogen-bond donors (Lipinski definition) is 0. The van der Waals surface area contributed by atoms with Gasteiger partial charge in [0.05, 0.1) is 0 Å². The molecule has 0 aliphatic heterocycles. The van der Waals surface area contributed by atoms with E-state index in [9.17, 15) is 0 Å². The van der Waals surface area contributed by atoms with Crippen molar-refractivity contribution in [2.45, 2.75) is 12.8 Å². The van der Waals surface area contributed by atoms with Gasteiger partial charge in [-0.2, -0.15) is 0 Å². The summed E-state index contributed by atoms with van der Waals surface area (Å²) in [6, 6.07) is 0. The van der Waals surface area contributed by atoms with Gasteiger partial charge in [0.15, 0.2) is 0 Å². The second-order valence-electron chi connectivity index (χ2n) is 5.20. The minimum atomic E-state index is 0.576. The fourth-order valence-electron chi connectivity index (χ4n) is 3.30.